The van der Waals surface area contributed by atoms with Gasteiger partial charge >= 0.3 is 6.09 Å². The van der Waals surface area contributed by atoms with Crippen LogP contribution in [0.1, 0.15) is 69.6 Å². The predicted octanol–water partition coefficient (Wildman–Crippen LogP) is 5.93. The first-order chi connectivity index (χ1) is 24.6. The molecule has 3 aliphatic heterocycles. The van der Waals surface area contributed by atoms with Crippen LogP contribution in [0.2, 0.25) is 0 Å². The summed E-state index contributed by atoms with van der Waals surface area (Å²) in [6.45, 7) is 7.91. The fraction of sp³-hybridized carbons (Fsp3) is 0.429. The summed E-state index contributed by atoms with van der Waals surface area (Å²) in [6.07, 6.45) is 6.49. The largest absolute Gasteiger partial charge is 0.444 e. The molecule has 51 heavy (non-hydrogen) atoms. The zero-order chi connectivity index (χ0) is 36.0. The third-order valence-electron chi connectivity index (χ3n) is 10.3. The molecule has 9 heteroatoms. The van der Waals surface area contributed by atoms with E-state index in [9.17, 15) is 19.2 Å². The number of nitrogens with zero attached hydrogens (tertiary/aromatic N) is 3. The monoisotopic (exact) mass is 690 g/mol. The number of hydrogen-bond acceptors (Lipinski definition) is 5. The summed E-state index contributed by atoms with van der Waals surface area (Å²) >= 11 is 0. The van der Waals surface area contributed by atoms with Crippen LogP contribution in [0, 0.1) is 5.92 Å². The van der Waals surface area contributed by atoms with Gasteiger partial charge < -0.3 is 24.8 Å². The van der Waals surface area contributed by atoms with Gasteiger partial charge in [0.1, 0.15) is 17.7 Å². The van der Waals surface area contributed by atoms with Crippen molar-refractivity contribution in [2.24, 2.45) is 5.92 Å². The third-order valence-corrected chi connectivity index (χ3v) is 10.3. The summed E-state index contributed by atoms with van der Waals surface area (Å²) in [5.41, 5.74) is 1.63. The standard InChI is InChI=1S/C42H50N4O5/c1-41(2,3)51-40(50)44-25-13-16-31(30-44)29-43-38(48)35-23-14-27-46(35)39(49)36-24-15-26-45(36)37(47)28-42(32-17-7-4-8-18-32,33-19-9-5-10-20-33)34-21-11-6-12-22-34/h4-12,15,17-22,24,31,35-36H,13-14,16,23,25-30H2,1-3H3,(H,43,48)/t31-,35?,36?/m1/s1. The Labute approximate surface area is 301 Å². The molecule has 268 valence electrons. The lowest BCUT2D eigenvalue weighted by molar-refractivity contribution is -0.145. The smallest absolute Gasteiger partial charge is 0.410 e. The molecule has 1 N–H and O–H groups in total. The number of rotatable bonds is 9. The van der Waals surface area contributed by atoms with E-state index in [2.05, 4.69) is 41.7 Å². The van der Waals surface area contributed by atoms with Gasteiger partial charge in [-0.2, -0.15) is 0 Å². The van der Waals surface area contributed by atoms with Gasteiger partial charge in [0, 0.05) is 39.1 Å². The Hall–Kier alpha value is -4.92. The molecular formula is C42H50N4O5. The molecule has 0 radical (unpaired) electrons. The van der Waals surface area contributed by atoms with E-state index in [1.807, 2.05) is 81.4 Å². The fourth-order valence-corrected chi connectivity index (χ4v) is 7.86. The van der Waals surface area contributed by atoms with Crippen molar-refractivity contribution in [3.05, 3.63) is 120 Å². The number of amides is 4. The maximum Gasteiger partial charge on any atom is 0.410 e. The molecule has 0 bridgehead atoms. The molecule has 0 spiro atoms. The molecule has 3 aliphatic rings. The first kappa shape index (κ1) is 35.9. The van der Waals surface area contributed by atoms with Crippen LogP contribution in [0.3, 0.4) is 0 Å². The third kappa shape index (κ3) is 8.03. The average molecular weight is 691 g/mol. The van der Waals surface area contributed by atoms with Crippen LogP contribution in [0.25, 0.3) is 0 Å². The second kappa shape index (κ2) is 15.5. The van der Waals surface area contributed by atoms with Crippen LogP contribution in [0.15, 0.2) is 103 Å². The molecule has 3 aromatic rings. The molecular weight excluding hydrogens is 640 g/mol. The normalized spacial score (nSPS) is 20.7. The van der Waals surface area contributed by atoms with Gasteiger partial charge in [0.25, 0.3) is 0 Å². The average Bonchev–Trinajstić information content (AvgIpc) is 3.84. The summed E-state index contributed by atoms with van der Waals surface area (Å²) in [4.78, 5) is 60.1. The molecule has 2 unspecified atom stereocenters. The molecule has 3 heterocycles. The highest BCUT2D eigenvalue weighted by Crippen LogP contribution is 2.43. The molecule has 2 saturated heterocycles. The first-order valence-corrected chi connectivity index (χ1v) is 18.3. The van der Waals surface area contributed by atoms with Crippen LogP contribution in [0.4, 0.5) is 4.79 Å². The van der Waals surface area contributed by atoms with E-state index in [4.69, 9.17) is 4.74 Å². The van der Waals surface area contributed by atoms with Crippen molar-refractivity contribution in [1.82, 2.24) is 20.0 Å². The van der Waals surface area contributed by atoms with Crippen LogP contribution in [-0.2, 0) is 24.5 Å². The van der Waals surface area contributed by atoms with Crippen molar-refractivity contribution < 1.29 is 23.9 Å². The Morgan fingerprint density at radius 2 is 1.33 bits per heavy atom. The second-order valence-corrected chi connectivity index (χ2v) is 15.0. The van der Waals surface area contributed by atoms with Crippen molar-refractivity contribution in [3.63, 3.8) is 0 Å². The lowest BCUT2D eigenvalue weighted by Crippen LogP contribution is -2.54. The van der Waals surface area contributed by atoms with Crippen LogP contribution < -0.4 is 5.32 Å². The minimum Gasteiger partial charge on any atom is -0.444 e. The van der Waals surface area contributed by atoms with Gasteiger partial charge in [0.05, 0.1) is 5.41 Å². The van der Waals surface area contributed by atoms with E-state index >= 15 is 0 Å². The lowest BCUT2D eigenvalue weighted by Gasteiger charge is -2.38. The Balaban J connectivity index is 1.16. The van der Waals surface area contributed by atoms with Gasteiger partial charge in [-0.1, -0.05) is 103 Å². The van der Waals surface area contributed by atoms with Crippen LogP contribution in [-0.4, -0.2) is 88.9 Å². The summed E-state index contributed by atoms with van der Waals surface area (Å²) in [5, 5.41) is 3.09. The molecule has 2 fully saturated rings. The highest BCUT2D eigenvalue weighted by atomic mass is 16.6. The number of ether oxygens (including phenoxy) is 1. The number of benzene rings is 3. The maximum absolute atomic E-state index is 14.6. The van der Waals surface area contributed by atoms with E-state index in [1.54, 1.807) is 20.8 Å². The number of hydrogen-bond donors (Lipinski definition) is 1. The summed E-state index contributed by atoms with van der Waals surface area (Å²) < 4.78 is 5.56. The summed E-state index contributed by atoms with van der Waals surface area (Å²) in [7, 11) is 0. The topological polar surface area (TPSA) is 99.3 Å². The molecule has 0 aliphatic carbocycles. The van der Waals surface area contributed by atoms with E-state index in [0.717, 1.165) is 29.5 Å². The number of likely N-dealkylation sites (tertiary alicyclic amines) is 2. The van der Waals surface area contributed by atoms with Crippen LogP contribution in [0.5, 0.6) is 0 Å². The van der Waals surface area contributed by atoms with Crippen molar-refractivity contribution in [1.29, 1.82) is 0 Å². The Morgan fingerprint density at radius 3 is 1.90 bits per heavy atom. The first-order valence-electron chi connectivity index (χ1n) is 18.3. The Bertz CT molecular complexity index is 1610. The molecule has 3 atom stereocenters. The zero-order valence-electron chi connectivity index (χ0n) is 30.0. The summed E-state index contributed by atoms with van der Waals surface area (Å²) in [6, 6.07) is 28.9. The molecule has 4 amide bonds. The number of carbonyl (C=O) groups excluding carboxylic acids is 4. The number of carbonyl (C=O) groups is 4. The second-order valence-electron chi connectivity index (χ2n) is 15.0. The van der Waals surface area contributed by atoms with Crippen molar-refractivity contribution in [3.8, 4) is 0 Å². The molecule has 0 saturated carbocycles. The van der Waals surface area contributed by atoms with E-state index < -0.39 is 23.1 Å². The molecule has 3 aromatic carbocycles. The van der Waals surface area contributed by atoms with Crippen LogP contribution >= 0.6 is 0 Å². The highest BCUT2D eigenvalue weighted by Gasteiger charge is 2.44. The predicted molar refractivity (Wildman–Crippen MR) is 197 cm³/mol. The lowest BCUT2D eigenvalue weighted by atomic mass is 9.67. The molecule has 6 rings (SSSR count). The quantitative estimate of drug-likeness (QED) is 0.222. The highest BCUT2D eigenvalue weighted by molar-refractivity contribution is 5.94. The fourth-order valence-electron chi connectivity index (χ4n) is 7.86. The van der Waals surface area contributed by atoms with E-state index in [0.29, 0.717) is 45.6 Å². The number of piperidine rings is 1. The van der Waals surface area contributed by atoms with Gasteiger partial charge in [-0.05, 0) is 69.1 Å². The summed E-state index contributed by atoms with van der Waals surface area (Å²) in [5.74, 6) is -0.452. The number of nitrogens with one attached hydrogen (secondary N) is 1. The van der Waals surface area contributed by atoms with E-state index in [1.165, 1.54) is 0 Å². The van der Waals surface area contributed by atoms with Crippen molar-refractivity contribution >= 4 is 23.8 Å². The van der Waals surface area contributed by atoms with Gasteiger partial charge in [-0.25, -0.2) is 4.79 Å². The van der Waals surface area contributed by atoms with Gasteiger partial charge in [-0.3, -0.25) is 14.4 Å². The van der Waals surface area contributed by atoms with Crippen molar-refractivity contribution in [2.45, 2.75) is 76.0 Å². The van der Waals surface area contributed by atoms with Gasteiger partial charge in [0.2, 0.25) is 17.7 Å². The maximum atomic E-state index is 14.6. The van der Waals surface area contributed by atoms with Gasteiger partial charge in [0.15, 0.2) is 0 Å². The molecule has 0 aromatic heterocycles. The minimum atomic E-state index is -0.786. The Kier molecular flexibility index (Phi) is 10.9. The van der Waals surface area contributed by atoms with E-state index in [-0.39, 0.29) is 36.2 Å². The zero-order valence-corrected chi connectivity index (χ0v) is 30.0. The Morgan fingerprint density at radius 1 is 0.765 bits per heavy atom. The minimum absolute atomic E-state index is 0.103. The van der Waals surface area contributed by atoms with Crippen molar-refractivity contribution in [2.75, 3.05) is 32.7 Å². The SMILES string of the molecule is CC(C)(C)OC(=O)N1CCC[C@H](CNC(=O)C2CCCN2C(=O)C2C=CCN2C(=O)CC(c2ccccc2)(c2ccccc2)c2ccccc2)C1. The molecule has 9 nitrogen and oxygen atoms in total. The van der Waals surface area contributed by atoms with Gasteiger partial charge in [-0.15, -0.1) is 0 Å².